The van der Waals surface area contributed by atoms with Crippen molar-refractivity contribution in [1.29, 1.82) is 0 Å². The number of methoxy groups -OCH3 is 1. The lowest BCUT2D eigenvalue weighted by Crippen LogP contribution is -2.19. The average molecular weight is 423 g/mol. The van der Waals surface area contributed by atoms with Gasteiger partial charge in [-0.3, -0.25) is 4.79 Å². The summed E-state index contributed by atoms with van der Waals surface area (Å²) in [4.78, 5) is 17.2. The van der Waals surface area contributed by atoms with Gasteiger partial charge in [-0.1, -0.05) is 39.4 Å². The van der Waals surface area contributed by atoms with Gasteiger partial charge in [0.2, 0.25) is 0 Å². The Hall–Kier alpha value is -1.83. The van der Waals surface area contributed by atoms with E-state index in [1.54, 1.807) is 19.2 Å². The zero-order valence-electron chi connectivity index (χ0n) is 13.5. The summed E-state index contributed by atoms with van der Waals surface area (Å²) in [5.41, 5.74) is 1.75. The number of hydrogen-bond donors (Lipinski definition) is 0. The van der Waals surface area contributed by atoms with Crippen LogP contribution in [-0.2, 0) is 22.5 Å². The molecule has 0 N–H and O–H groups in total. The van der Waals surface area contributed by atoms with E-state index in [4.69, 9.17) is 4.74 Å². The van der Waals surface area contributed by atoms with E-state index in [1.807, 2.05) is 22.8 Å². The van der Waals surface area contributed by atoms with Gasteiger partial charge < -0.3 is 9.30 Å². The second-order valence-corrected chi connectivity index (χ2v) is 7.37. The molecule has 2 aromatic carbocycles. The molecule has 0 spiro atoms. The minimum Gasteiger partial charge on any atom is -0.383 e. The fourth-order valence-electron chi connectivity index (χ4n) is 2.45. The number of halogens is 2. The van der Waals surface area contributed by atoms with Crippen molar-refractivity contribution in [3.05, 3.63) is 63.1 Å². The Morgan fingerprint density at radius 2 is 2.04 bits per heavy atom. The van der Waals surface area contributed by atoms with Gasteiger partial charge in [-0.05, 0) is 35.9 Å². The van der Waals surface area contributed by atoms with Crippen molar-refractivity contribution in [1.82, 2.24) is 4.57 Å². The molecule has 0 aliphatic heterocycles. The number of carbonyl (C=O) groups is 1. The van der Waals surface area contributed by atoms with Crippen LogP contribution in [0.25, 0.3) is 10.2 Å². The minimum atomic E-state index is -0.319. The van der Waals surface area contributed by atoms with Crippen LogP contribution in [0.5, 0.6) is 0 Å². The van der Waals surface area contributed by atoms with Crippen LogP contribution < -0.4 is 4.80 Å². The third-order valence-electron chi connectivity index (χ3n) is 3.65. The van der Waals surface area contributed by atoms with Gasteiger partial charge in [0.25, 0.3) is 5.91 Å². The molecular weight excluding hydrogens is 407 g/mol. The Bertz CT molecular complexity index is 963. The molecule has 0 saturated carbocycles. The van der Waals surface area contributed by atoms with Gasteiger partial charge in [0.1, 0.15) is 5.82 Å². The molecule has 130 valence electrons. The molecule has 4 nitrogen and oxygen atoms in total. The number of carbonyl (C=O) groups excluding carboxylic acids is 1. The Morgan fingerprint density at radius 3 is 2.76 bits per heavy atom. The highest BCUT2D eigenvalue weighted by atomic mass is 79.9. The summed E-state index contributed by atoms with van der Waals surface area (Å²) in [6, 6.07) is 11.9. The van der Waals surface area contributed by atoms with Gasteiger partial charge in [-0.25, -0.2) is 4.39 Å². The number of thiazole rings is 1. The number of rotatable bonds is 5. The molecule has 1 heterocycles. The van der Waals surface area contributed by atoms with Crippen molar-refractivity contribution in [2.24, 2.45) is 4.99 Å². The lowest BCUT2D eigenvalue weighted by molar-refractivity contribution is -0.117. The zero-order chi connectivity index (χ0) is 17.8. The molecule has 0 saturated heterocycles. The van der Waals surface area contributed by atoms with Crippen LogP contribution in [0.1, 0.15) is 5.56 Å². The molecule has 0 aliphatic rings. The lowest BCUT2D eigenvalue weighted by Gasteiger charge is -2.04. The number of aromatic nitrogens is 1. The van der Waals surface area contributed by atoms with E-state index in [2.05, 4.69) is 20.9 Å². The molecular formula is C18H16BrFN2O2S. The Labute approximate surface area is 156 Å². The van der Waals surface area contributed by atoms with E-state index in [0.717, 1.165) is 20.3 Å². The van der Waals surface area contributed by atoms with E-state index in [-0.39, 0.29) is 18.1 Å². The number of benzene rings is 2. The fourth-order valence-corrected chi connectivity index (χ4v) is 4.08. The molecule has 7 heteroatoms. The average Bonchev–Trinajstić information content (AvgIpc) is 2.91. The molecule has 0 bridgehead atoms. The molecule has 25 heavy (non-hydrogen) atoms. The normalized spacial score (nSPS) is 12.0. The van der Waals surface area contributed by atoms with Gasteiger partial charge in [0.05, 0.1) is 23.2 Å². The summed E-state index contributed by atoms with van der Waals surface area (Å²) < 4.78 is 22.1. The predicted octanol–water partition coefficient (Wildman–Crippen LogP) is 3.92. The summed E-state index contributed by atoms with van der Waals surface area (Å²) >= 11 is 4.92. The molecule has 0 unspecified atom stereocenters. The van der Waals surface area contributed by atoms with Crippen molar-refractivity contribution >= 4 is 43.4 Å². The van der Waals surface area contributed by atoms with Crippen LogP contribution in [0.3, 0.4) is 0 Å². The first kappa shape index (κ1) is 18.0. The number of fused-ring (bicyclic) bond motifs is 1. The van der Waals surface area contributed by atoms with Crippen LogP contribution in [0, 0.1) is 5.82 Å². The zero-order valence-corrected chi connectivity index (χ0v) is 15.9. The summed E-state index contributed by atoms with van der Waals surface area (Å²) in [5.74, 6) is -0.580. The van der Waals surface area contributed by atoms with Crippen LogP contribution in [0.2, 0.25) is 0 Å². The highest BCUT2D eigenvalue weighted by Gasteiger charge is 2.09. The summed E-state index contributed by atoms with van der Waals surface area (Å²) in [5, 5.41) is 0. The third kappa shape index (κ3) is 4.42. The summed E-state index contributed by atoms with van der Waals surface area (Å²) in [6.45, 7) is 1.14. The molecule has 0 aliphatic carbocycles. The van der Waals surface area contributed by atoms with Crippen molar-refractivity contribution in [3.63, 3.8) is 0 Å². The smallest absolute Gasteiger partial charge is 0.252 e. The molecule has 0 atom stereocenters. The third-order valence-corrected chi connectivity index (χ3v) is 5.19. The van der Waals surface area contributed by atoms with Gasteiger partial charge in [-0.15, -0.1) is 0 Å². The SMILES string of the molecule is COCCn1c(=NC(=O)Cc2ccc(F)cc2)sc2cc(Br)ccc21. The van der Waals surface area contributed by atoms with Crippen LogP contribution >= 0.6 is 27.3 Å². The number of nitrogens with zero attached hydrogens (tertiary/aromatic N) is 2. The Morgan fingerprint density at radius 1 is 1.28 bits per heavy atom. The molecule has 0 radical (unpaired) electrons. The largest absolute Gasteiger partial charge is 0.383 e. The van der Waals surface area contributed by atoms with E-state index < -0.39 is 0 Å². The number of ether oxygens (including phenoxy) is 1. The fraction of sp³-hybridized carbons (Fsp3) is 0.222. The van der Waals surface area contributed by atoms with Crippen LogP contribution in [0.4, 0.5) is 4.39 Å². The molecule has 0 fully saturated rings. The maximum Gasteiger partial charge on any atom is 0.252 e. The highest BCUT2D eigenvalue weighted by Crippen LogP contribution is 2.22. The molecule has 3 rings (SSSR count). The maximum atomic E-state index is 13.0. The van der Waals surface area contributed by atoms with Crippen molar-refractivity contribution in [2.45, 2.75) is 13.0 Å². The molecule has 1 aromatic heterocycles. The van der Waals surface area contributed by atoms with Gasteiger partial charge in [-0.2, -0.15) is 4.99 Å². The standard InChI is InChI=1S/C18H16BrFN2O2S/c1-24-9-8-22-15-7-4-13(19)11-16(15)25-18(22)21-17(23)10-12-2-5-14(20)6-3-12/h2-7,11H,8-10H2,1H3. The van der Waals surface area contributed by atoms with E-state index in [0.29, 0.717) is 18.0 Å². The Kier molecular flexibility index (Phi) is 5.78. The number of amides is 1. The monoisotopic (exact) mass is 422 g/mol. The van der Waals surface area contributed by atoms with Crippen molar-refractivity contribution in [2.75, 3.05) is 13.7 Å². The summed E-state index contributed by atoms with van der Waals surface area (Å²) in [7, 11) is 1.64. The quantitative estimate of drug-likeness (QED) is 0.625. The van der Waals surface area contributed by atoms with Gasteiger partial charge in [0.15, 0.2) is 4.80 Å². The summed E-state index contributed by atoms with van der Waals surface area (Å²) in [6.07, 6.45) is 0.141. The Balaban J connectivity index is 1.96. The van der Waals surface area contributed by atoms with Crippen LogP contribution in [-0.4, -0.2) is 24.2 Å². The second kappa shape index (κ2) is 8.03. The van der Waals surface area contributed by atoms with E-state index >= 15 is 0 Å². The first-order chi connectivity index (χ1) is 12.1. The van der Waals surface area contributed by atoms with Gasteiger partial charge in [0, 0.05) is 18.1 Å². The molecule has 3 aromatic rings. The van der Waals surface area contributed by atoms with Crippen molar-refractivity contribution in [3.8, 4) is 0 Å². The minimum absolute atomic E-state index is 0.141. The first-order valence-corrected chi connectivity index (χ1v) is 9.27. The van der Waals surface area contributed by atoms with Crippen LogP contribution in [0.15, 0.2) is 51.9 Å². The van der Waals surface area contributed by atoms with E-state index in [1.165, 1.54) is 23.5 Å². The lowest BCUT2D eigenvalue weighted by atomic mass is 10.1. The second-order valence-electron chi connectivity index (χ2n) is 5.45. The molecule has 1 amide bonds. The van der Waals surface area contributed by atoms with Gasteiger partial charge >= 0.3 is 0 Å². The predicted molar refractivity (Wildman–Crippen MR) is 100 cm³/mol. The number of hydrogen-bond acceptors (Lipinski definition) is 3. The van der Waals surface area contributed by atoms with Crippen molar-refractivity contribution < 1.29 is 13.9 Å². The maximum absolute atomic E-state index is 13.0. The highest BCUT2D eigenvalue weighted by molar-refractivity contribution is 9.10. The first-order valence-electron chi connectivity index (χ1n) is 7.66. The van der Waals surface area contributed by atoms with E-state index in [9.17, 15) is 9.18 Å². The topological polar surface area (TPSA) is 43.6 Å².